The van der Waals surface area contributed by atoms with Gasteiger partial charge in [0.25, 0.3) is 10.0 Å². The molecular weight excluding hydrogens is 410 g/mol. The van der Waals surface area contributed by atoms with E-state index in [-0.39, 0.29) is 29.7 Å². The third-order valence-corrected chi connectivity index (χ3v) is 6.15. The lowest BCUT2D eigenvalue weighted by atomic mass is 10.1. The average Bonchev–Trinajstić information content (AvgIpc) is 3.08. The van der Waals surface area contributed by atoms with Gasteiger partial charge < -0.3 is 9.30 Å². The van der Waals surface area contributed by atoms with Crippen LogP contribution in [0.15, 0.2) is 34.4 Å². The first-order chi connectivity index (χ1) is 11.9. The van der Waals surface area contributed by atoms with Gasteiger partial charge >= 0.3 is 6.01 Å². The summed E-state index contributed by atoms with van der Waals surface area (Å²) in [5.41, 5.74) is 0. The zero-order valence-corrected chi connectivity index (χ0v) is 16.4. The molecule has 1 aliphatic rings. The molecule has 0 amide bonds. The Hall–Kier alpha value is -1.52. The van der Waals surface area contributed by atoms with Crippen molar-refractivity contribution in [2.75, 3.05) is 13.1 Å². The van der Waals surface area contributed by atoms with Crippen LogP contribution in [0.4, 0.5) is 0 Å². The SMILES string of the molecule is CC(C)n1cnc(S(=O)(=O)N2CCCC(Oc3ncc(Br)cn3)C2)c1. The van der Waals surface area contributed by atoms with Gasteiger partial charge in [0.05, 0.1) is 17.3 Å². The van der Waals surface area contributed by atoms with Gasteiger partial charge in [-0.05, 0) is 42.6 Å². The highest BCUT2D eigenvalue weighted by Gasteiger charge is 2.33. The molecule has 0 aliphatic carbocycles. The van der Waals surface area contributed by atoms with Crippen molar-refractivity contribution >= 4 is 26.0 Å². The molecule has 136 valence electrons. The van der Waals surface area contributed by atoms with Crippen LogP contribution in [-0.4, -0.2) is 51.4 Å². The summed E-state index contributed by atoms with van der Waals surface area (Å²) in [6.07, 6.45) is 7.50. The van der Waals surface area contributed by atoms with E-state index in [0.717, 1.165) is 10.9 Å². The summed E-state index contributed by atoms with van der Waals surface area (Å²) in [6.45, 7) is 4.66. The van der Waals surface area contributed by atoms with Gasteiger partial charge in [-0.25, -0.2) is 23.4 Å². The van der Waals surface area contributed by atoms with Gasteiger partial charge in [-0.3, -0.25) is 0 Å². The van der Waals surface area contributed by atoms with Crippen molar-refractivity contribution in [3.63, 3.8) is 0 Å². The third-order valence-electron chi connectivity index (χ3n) is 3.99. The number of ether oxygens (including phenoxy) is 1. The maximum Gasteiger partial charge on any atom is 0.316 e. The Morgan fingerprint density at radius 1 is 1.28 bits per heavy atom. The van der Waals surface area contributed by atoms with Crippen LogP contribution in [0.2, 0.25) is 0 Å². The van der Waals surface area contributed by atoms with Crippen molar-refractivity contribution in [3.8, 4) is 6.01 Å². The van der Waals surface area contributed by atoms with Crippen molar-refractivity contribution in [2.45, 2.75) is 43.9 Å². The first kappa shape index (κ1) is 18.3. The van der Waals surface area contributed by atoms with Crippen molar-refractivity contribution in [2.24, 2.45) is 0 Å². The largest absolute Gasteiger partial charge is 0.459 e. The number of halogens is 1. The minimum Gasteiger partial charge on any atom is -0.459 e. The number of rotatable bonds is 5. The number of hydrogen-bond acceptors (Lipinski definition) is 6. The highest BCUT2D eigenvalue weighted by Crippen LogP contribution is 2.22. The van der Waals surface area contributed by atoms with Gasteiger partial charge in [-0.15, -0.1) is 0 Å². The molecule has 0 aromatic carbocycles. The van der Waals surface area contributed by atoms with E-state index in [1.807, 2.05) is 13.8 Å². The fourth-order valence-electron chi connectivity index (χ4n) is 2.60. The molecule has 0 bridgehead atoms. The molecule has 3 heterocycles. The fourth-order valence-corrected chi connectivity index (χ4v) is 4.23. The molecule has 0 N–H and O–H groups in total. The van der Waals surface area contributed by atoms with E-state index >= 15 is 0 Å². The van der Waals surface area contributed by atoms with E-state index in [1.54, 1.807) is 29.5 Å². The third kappa shape index (κ3) is 4.18. The van der Waals surface area contributed by atoms with Crippen LogP contribution < -0.4 is 4.74 Å². The summed E-state index contributed by atoms with van der Waals surface area (Å²) in [7, 11) is -3.63. The smallest absolute Gasteiger partial charge is 0.316 e. The molecule has 0 saturated carbocycles. The van der Waals surface area contributed by atoms with Crippen molar-refractivity contribution in [1.82, 2.24) is 23.8 Å². The summed E-state index contributed by atoms with van der Waals surface area (Å²) >= 11 is 3.27. The molecule has 1 fully saturated rings. The van der Waals surface area contributed by atoms with Gasteiger partial charge in [-0.1, -0.05) is 0 Å². The van der Waals surface area contributed by atoms with E-state index in [9.17, 15) is 8.42 Å². The highest BCUT2D eigenvalue weighted by atomic mass is 79.9. The summed E-state index contributed by atoms with van der Waals surface area (Å²) in [5.74, 6) is 0. The molecule has 0 radical (unpaired) electrons. The first-order valence-electron chi connectivity index (χ1n) is 8.04. The standard InChI is InChI=1S/C15H20BrN5O3S/c1-11(2)20-9-14(19-10-20)25(22,23)21-5-3-4-13(8-21)24-15-17-6-12(16)7-18-15/h6-7,9-11,13H,3-5,8H2,1-2H3. The van der Waals surface area contributed by atoms with Crippen molar-refractivity contribution < 1.29 is 13.2 Å². The Labute approximate surface area is 155 Å². The molecule has 1 saturated heterocycles. The minimum absolute atomic E-state index is 0.0711. The van der Waals surface area contributed by atoms with Crippen LogP contribution in [0.5, 0.6) is 6.01 Å². The molecule has 25 heavy (non-hydrogen) atoms. The maximum atomic E-state index is 12.8. The Kier molecular flexibility index (Phi) is 5.40. The number of sulfonamides is 1. The molecule has 10 heteroatoms. The number of imidazole rings is 1. The van der Waals surface area contributed by atoms with Gasteiger partial charge in [0.1, 0.15) is 6.10 Å². The minimum atomic E-state index is -3.63. The Morgan fingerprint density at radius 3 is 2.64 bits per heavy atom. The quantitative estimate of drug-likeness (QED) is 0.723. The number of aromatic nitrogens is 4. The Bertz CT molecular complexity index is 822. The molecule has 1 unspecified atom stereocenters. The van der Waals surface area contributed by atoms with Crippen molar-refractivity contribution in [1.29, 1.82) is 0 Å². The predicted octanol–water partition coefficient (Wildman–Crippen LogP) is 2.25. The molecule has 0 spiro atoms. The first-order valence-corrected chi connectivity index (χ1v) is 10.3. The summed E-state index contributed by atoms with van der Waals surface area (Å²) in [4.78, 5) is 12.2. The summed E-state index contributed by atoms with van der Waals surface area (Å²) in [6, 6.07) is 0.403. The number of hydrogen-bond donors (Lipinski definition) is 0. The van der Waals surface area contributed by atoms with Crippen LogP contribution in [-0.2, 0) is 10.0 Å². The topological polar surface area (TPSA) is 90.2 Å². The van der Waals surface area contributed by atoms with E-state index in [4.69, 9.17) is 4.74 Å². The van der Waals surface area contributed by atoms with Gasteiger partial charge in [0, 0.05) is 31.2 Å². The van der Waals surface area contributed by atoms with E-state index < -0.39 is 10.0 Å². The van der Waals surface area contributed by atoms with Crippen LogP contribution in [0.25, 0.3) is 0 Å². The lowest BCUT2D eigenvalue weighted by Crippen LogP contribution is -2.44. The van der Waals surface area contributed by atoms with Crippen LogP contribution >= 0.6 is 15.9 Å². The summed E-state index contributed by atoms with van der Waals surface area (Å²) in [5, 5.41) is 0.0711. The van der Waals surface area contributed by atoms with Gasteiger partial charge in [0.15, 0.2) is 5.03 Å². The van der Waals surface area contributed by atoms with Gasteiger partial charge in [0.2, 0.25) is 0 Å². The highest BCUT2D eigenvalue weighted by molar-refractivity contribution is 9.10. The van der Waals surface area contributed by atoms with Crippen LogP contribution in [0.1, 0.15) is 32.7 Å². The second-order valence-corrected chi connectivity index (χ2v) is 8.98. The average molecular weight is 430 g/mol. The monoisotopic (exact) mass is 429 g/mol. The lowest BCUT2D eigenvalue weighted by Gasteiger charge is -2.30. The summed E-state index contributed by atoms with van der Waals surface area (Å²) < 4.78 is 35.3. The van der Waals surface area contributed by atoms with E-state index in [2.05, 4.69) is 30.9 Å². The zero-order valence-electron chi connectivity index (χ0n) is 14.0. The van der Waals surface area contributed by atoms with Crippen LogP contribution in [0, 0.1) is 0 Å². The molecule has 3 rings (SSSR count). The Balaban J connectivity index is 1.72. The zero-order chi connectivity index (χ0) is 18.0. The van der Waals surface area contributed by atoms with Crippen molar-refractivity contribution in [3.05, 3.63) is 29.4 Å². The molecule has 1 aliphatic heterocycles. The van der Waals surface area contributed by atoms with E-state index in [1.165, 1.54) is 4.31 Å². The maximum absolute atomic E-state index is 12.8. The van der Waals surface area contributed by atoms with E-state index in [0.29, 0.717) is 13.0 Å². The van der Waals surface area contributed by atoms with Crippen LogP contribution in [0.3, 0.4) is 0 Å². The normalized spacial score (nSPS) is 19.3. The lowest BCUT2D eigenvalue weighted by molar-refractivity contribution is 0.119. The Morgan fingerprint density at radius 2 is 2.00 bits per heavy atom. The molecule has 2 aromatic rings. The molecule has 8 nitrogen and oxygen atoms in total. The number of nitrogens with zero attached hydrogens (tertiary/aromatic N) is 5. The molecular formula is C15H20BrN5O3S. The molecule has 1 atom stereocenters. The number of piperidine rings is 1. The molecule has 2 aromatic heterocycles. The van der Waals surface area contributed by atoms with Gasteiger partial charge in [-0.2, -0.15) is 4.31 Å². The predicted molar refractivity (Wildman–Crippen MR) is 94.8 cm³/mol. The fraction of sp³-hybridized carbons (Fsp3) is 0.533. The second kappa shape index (κ2) is 7.38. The second-order valence-electron chi connectivity index (χ2n) is 6.18.